The van der Waals surface area contributed by atoms with Crippen LogP contribution in [0.1, 0.15) is 31.4 Å². The average molecular weight is 247 g/mol. The zero-order valence-corrected chi connectivity index (χ0v) is 11.2. The monoisotopic (exact) mass is 247 g/mol. The Labute approximate surface area is 109 Å². The van der Waals surface area contributed by atoms with Gasteiger partial charge in [-0.15, -0.1) is 0 Å². The summed E-state index contributed by atoms with van der Waals surface area (Å²) >= 11 is 0. The van der Waals surface area contributed by atoms with Crippen molar-refractivity contribution in [2.75, 3.05) is 6.61 Å². The molecule has 0 spiro atoms. The SMILES string of the molecule is CCC(C)(CO)NC(=O)C=Cc1cccc(C)c1. The van der Waals surface area contributed by atoms with Gasteiger partial charge in [0.2, 0.25) is 5.91 Å². The summed E-state index contributed by atoms with van der Waals surface area (Å²) in [5.41, 5.74) is 1.60. The number of aliphatic hydroxyl groups excluding tert-OH is 1. The molecule has 98 valence electrons. The van der Waals surface area contributed by atoms with Crippen LogP contribution in [0.3, 0.4) is 0 Å². The van der Waals surface area contributed by atoms with Crippen molar-refractivity contribution in [3.8, 4) is 0 Å². The normalized spacial score (nSPS) is 14.4. The number of aliphatic hydroxyl groups is 1. The molecule has 0 aliphatic rings. The number of carbonyl (C=O) groups excluding carboxylic acids is 1. The molecule has 0 saturated carbocycles. The van der Waals surface area contributed by atoms with E-state index in [1.165, 1.54) is 6.08 Å². The van der Waals surface area contributed by atoms with E-state index in [1.54, 1.807) is 6.08 Å². The van der Waals surface area contributed by atoms with E-state index >= 15 is 0 Å². The Morgan fingerprint density at radius 1 is 1.50 bits per heavy atom. The molecule has 0 aliphatic carbocycles. The van der Waals surface area contributed by atoms with E-state index in [-0.39, 0.29) is 12.5 Å². The first kappa shape index (κ1) is 14.5. The molecule has 0 fully saturated rings. The van der Waals surface area contributed by atoms with Crippen LogP contribution < -0.4 is 5.32 Å². The highest BCUT2D eigenvalue weighted by molar-refractivity contribution is 5.92. The lowest BCUT2D eigenvalue weighted by atomic mass is 10.0. The molecule has 0 radical (unpaired) electrons. The predicted molar refractivity (Wildman–Crippen MR) is 74.1 cm³/mol. The maximum absolute atomic E-state index is 11.7. The molecule has 1 rings (SSSR count). The van der Waals surface area contributed by atoms with Gasteiger partial charge in [-0.1, -0.05) is 36.8 Å². The summed E-state index contributed by atoms with van der Waals surface area (Å²) in [7, 11) is 0. The van der Waals surface area contributed by atoms with Crippen molar-refractivity contribution in [1.82, 2.24) is 5.32 Å². The Balaban J connectivity index is 2.65. The van der Waals surface area contributed by atoms with E-state index < -0.39 is 5.54 Å². The predicted octanol–water partition coefficient (Wildman–Crippen LogP) is 2.29. The second-order valence-electron chi connectivity index (χ2n) is 4.81. The van der Waals surface area contributed by atoms with Gasteiger partial charge < -0.3 is 10.4 Å². The summed E-state index contributed by atoms with van der Waals surface area (Å²) in [6.45, 7) is 5.71. The number of benzene rings is 1. The smallest absolute Gasteiger partial charge is 0.244 e. The van der Waals surface area contributed by atoms with Gasteiger partial charge >= 0.3 is 0 Å². The Kier molecular flexibility index (Phi) is 5.10. The van der Waals surface area contributed by atoms with Crippen molar-refractivity contribution in [2.24, 2.45) is 0 Å². The fraction of sp³-hybridized carbons (Fsp3) is 0.400. The maximum atomic E-state index is 11.7. The first-order chi connectivity index (χ1) is 8.49. The fourth-order valence-electron chi connectivity index (χ4n) is 1.52. The highest BCUT2D eigenvalue weighted by Gasteiger charge is 2.21. The van der Waals surface area contributed by atoms with Gasteiger partial charge in [-0.25, -0.2) is 0 Å². The second kappa shape index (κ2) is 6.36. The highest BCUT2D eigenvalue weighted by Crippen LogP contribution is 2.09. The highest BCUT2D eigenvalue weighted by atomic mass is 16.3. The quantitative estimate of drug-likeness (QED) is 0.784. The second-order valence-corrected chi connectivity index (χ2v) is 4.81. The molecule has 2 N–H and O–H groups in total. The summed E-state index contributed by atoms with van der Waals surface area (Å²) < 4.78 is 0. The summed E-state index contributed by atoms with van der Waals surface area (Å²) in [5.74, 6) is -0.185. The van der Waals surface area contributed by atoms with Gasteiger partial charge in [-0.05, 0) is 31.9 Å². The number of hydrogen-bond donors (Lipinski definition) is 2. The molecule has 1 aromatic carbocycles. The van der Waals surface area contributed by atoms with Crippen LogP contribution in [0.4, 0.5) is 0 Å². The third-order valence-corrected chi connectivity index (χ3v) is 3.02. The minimum atomic E-state index is -0.548. The van der Waals surface area contributed by atoms with Gasteiger partial charge in [0, 0.05) is 6.08 Å². The number of aryl methyl sites for hydroxylation is 1. The molecule has 0 aliphatic heterocycles. The minimum Gasteiger partial charge on any atom is -0.394 e. The summed E-state index contributed by atoms with van der Waals surface area (Å²) in [5, 5.41) is 12.0. The van der Waals surface area contributed by atoms with Crippen LogP contribution in [0, 0.1) is 6.92 Å². The van der Waals surface area contributed by atoms with E-state index in [4.69, 9.17) is 0 Å². The minimum absolute atomic E-state index is 0.0620. The Hall–Kier alpha value is -1.61. The van der Waals surface area contributed by atoms with Crippen LogP contribution >= 0.6 is 0 Å². The summed E-state index contributed by atoms with van der Waals surface area (Å²) in [6.07, 6.45) is 3.96. The van der Waals surface area contributed by atoms with E-state index in [9.17, 15) is 9.90 Å². The van der Waals surface area contributed by atoms with Gasteiger partial charge in [0.1, 0.15) is 0 Å². The van der Waals surface area contributed by atoms with E-state index in [2.05, 4.69) is 5.32 Å². The van der Waals surface area contributed by atoms with E-state index in [0.717, 1.165) is 11.1 Å². The first-order valence-corrected chi connectivity index (χ1v) is 6.17. The Morgan fingerprint density at radius 3 is 2.78 bits per heavy atom. The van der Waals surface area contributed by atoms with Crippen LogP contribution in [0.25, 0.3) is 6.08 Å². The molecule has 0 saturated heterocycles. The van der Waals surface area contributed by atoms with Crippen molar-refractivity contribution in [2.45, 2.75) is 32.7 Å². The summed E-state index contributed by atoms with van der Waals surface area (Å²) in [6, 6.07) is 7.92. The van der Waals surface area contributed by atoms with Crippen molar-refractivity contribution in [1.29, 1.82) is 0 Å². The molecular formula is C15H21NO2. The van der Waals surface area contributed by atoms with Crippen molar-refractivity contribution >= 4 is 12.0 Å². The molecule has 0 heterocycles. The molecule has 1 aromatic rings. The lowest BCUT2D eigenvalue weighted by Crippen LogP contribution is -2.47. The van der Waals surface area contributed by atoms with Crippen molar-refractivity contribution in [3.05, 3.63) is 41.5 Å². The van der Waals surface area contributed by atoms with Crippen molar-refractivity contribution < 1.29 is 9.90 Å². The maximum Gasteiger partial charge on any atom is 0.244 e. The molecule has 0 aromatic heterocycles. The molecule has 1 amide bonds. The lowest BCUT2D eigenvalue weighted by molar-refractivity contribution is -0.118. The number of carbonyl (C=O) groups is 1. The van der Waals surface area contributed by atoms with Gasteiger partial charge in [0.05, 0.1) is 12.1 Å². The molecular weight excluding hydrogens is 226 g/mol. The zero-order chi connectivity index (χ0) is 13.6. The molecule has 18 heavy (non-hydrogen) atoms. The average Bonchev–Trinajstić information content (AvgIpc) is 2.36. The topological polar surface area (TPSA) is 49.3 Å². The zero-order valence-electron chi connectivity index (χ0n) is 11.2. The van der Waals surface area contributed by atoms with E-state index in [1.807, 2.05) is 45.0 Å². The van der Waals surface area contributed by atoms with Gasteiger partial charge in [-0.3, -0.25) is 4.79 Å². The van der Waals surface area contributed by atoms with Gasteiger partial charge in [-0.2, -0.15) is 0 Å². The number of hydrogen-bond acceptors (Lipinski definition) is 2. The first-order valence-electron chi connectivity index (χ1n) is 6.17. The number of nitrogens with one attached hydrogen (secondary N) is 1. The molecule has 3 heteroatoms. The molecule has 1 atom stereocenters. The largest absolute Gasteiger partial charge is 0.394 e. The van der Waals surface area contributed by atoms with Crippen LogP contribution in [0.5, 0.6) is 0 Å². The van der Waals surface area contributed by atoms with Crippen LogP contribution in [-0.4, -0.2) is 23.2 Å². The standard InChI is InChI=1S/C15H21NO2/c1-4-15(3,11-17)16-14(18)9-8-13-7-5-6-12(2)10-13/h5-10,17H,4,11H2,1-3H3,(H,16,18). The van der Waals surface area contributed by atoms with Crippen LogP contribution in [0.2, 0.25) is 0 Å². The molecule has 0 bridgehead atoms. The van der Waals surface area contributed by atoms with Crippen LogP contribution in [-0.2, 0) is 4.79 Å². The van der Waals surface area contributed by atoms with Crippen molar-refractivity contribution in [3.63, 3.8) is 0 Å². The number of rotatable bonds is 5. The van der Waals surface area contributed by atoms with Crippen LogP contribution in [0.15, 0.2) is 30.3 Å². The molecule has 3 nitrogen and oxygen atoms in total. The Morgan fingerprint density at radius 2 is 2.22 bits per heavy atom. The third kappa shape index (κ3) is 4.34. The van der Waals surface area contributed by atoms with E-state index in [0.29, 0.717) is 6.42 Å². The fourth-order valence-corrected chi connectivity index (χ4v) is 1.52. The van der Waals surface area contributed by atoms with Gasteiger partial charge in [0.25, 0.3) is 0 Å². The molecule has 1 unspecified atom stereocenters. The number of amides is 1. The Bertz CT molecular complexity index is 434. The lowest BCUT2D eigenvalue weighted by Gasteiger charge is -2.26. The summed E-state index contributed by atoms with van der Waals surface area (Å²) in [4.78, 5) is 11.7. The third-order valence-electron chi connectivity index (χ3n) is 3.02. The van der Waals surface area contributed by atoms with Gasteiger partial charge in [0.15, 0.2) is 0 Å².